The van der Waals surface area contributed by atoms with E-state index in [2.05, 4.69) is 5.32 Å². The summed E-state index contributed by atoms with van der Waals surface area (Å²) in [5.74, 6) is -0.308. The largest absolute Gasteiger partial charge is 0.353 e. The fraction of sp³-hybridized carbons (Fsp3) is 0.611. The van der Waals surface area contributed by atoms with Gasteiger partial charge in [0, 0.05) is 19.1 Å². The van der Waals surface area contributed by atoms with Gasteiger partial charge in [-0.1, -0.05) is 19.1 Å². The van der Waals surface area contributed by atoms with E-state index < -0.39 is 10.0 Å². The number of carbonyl (C=O) groups is 1. The van der Waals surface area contributed by atoms with Crippen LogP contribution in [0.25, 0.3) is 0 Å². The molecule has 0 aromatic heterocycles. The zero-order chi connectivity index (χ0) is 17.9. The summed E-state index contributed by atoms with van der Waals surface area (Å²) < 4.78 is 27.5. The summed E-state index contributed by atoms with van der Waals surface area (Å²) in [6, 6.07) is 5.57. The molecule has 0 aliphatic carbocycles. The normalized spacial score (nSPS) is 20.6. The fourth-order valence-corrected chi connectivity index (χ4v) is 4.80. The van der Waals surface area contributed by atoms with Gasteiger partial charge >= 0.3 is 0 Å². The first-order valence-electron chi connectivity index (χ1n) is 8.63. The Hall–Kier alpha value is -1.40. The molecule has 1 aliphatic heterocycles. The lowest BCUT2D eigenvalue weighted by Gasteiger charge is -2.32. The minimum Gasteiger partial charge on any atom is -0.353 e. The zero-order valence-corrected chi connectivity index (χ0v) is 15.8. The Morgan fingerprint density at radius 1 is 1.38 bits per heavy atom. The summed E-state index contributed by atoms with van der Waals surface area (Å²) in [4.78, 5) is 12.7. The van der Waals surface area contributed by atoms with Crippen molar-refractivity contribution in [3.8, 4) is 0 Å². The number of nitrogens with one attached hydrogen (secondary N) is 1. The van der Waals surface area contributed by atoms with Crippen LogP contribution in [0, 0.1) is 19.8 Å². The molecule has 134 valence electrons. The van der Waals surface area contributed by atoms with Crippen LogP contribution in [-0.2, 0) is 14.8 Å². The Bertz CT molecular complexity index is 700. The molecular weight excluding hydrogens is 324 g/mol. The molecule has 5 nitrogen and oxygen atoms in total. The van der Waals surface area contributed by atoms with Crippen molar-refractivity contribution in [2.24, 2.45) is 5.92 Å². The summed E-state index contributed by atoms with van der Waals surface area (Å²) >= 11 is 0. The number of amides is 1. The first-order valence-corrected chi connectivity index (χ1v) is 10.1. The molecule has 1 amide bonds. The maximum Gasteiger partial charge on any atom is 0.243 e. The lowest BCUT2D eigenvalue weighted by atomic mass is 9.98. The highest BCUT2D eigenvalue weighted by Gasteiger charge is 2.34. The van der Waals surface area contributed by atoms with Crippen molar-refractivity contribution in [2.75, 3.05) is 13.1 Å². The topological polar surface area (TPSA) is 66.5 Å². The molecule has 6 heteroatoms. The lowest BCUT2D eigenvalue weighted by molar-refractivity contribution is -0.126. The second-order valence-corrected chi connectivity index (χ2v) is 8.70. The van der Waals surface area contributed by atoms with Gasteiger partial charge in [-0.3, -0.25) is 4.79 Å². The predicted octanol–water partition coefficient (Wildman–Crippen LogP) is 2.62. The quantitative estimate of drug-likeness (QED) is 0.886. The molecule has 0 saturated carbocycles. The Balaban J connectivity index is 2.19. The minimum absolute atomic E-state index is 0.0368. The van der Waals surface area contributed by atoms with Crippen molar-refractivity contribution in [2.45, 2.75) is 57.9 Å². The number of nitrogens with zero attached hydrogens (tertiary/aromatic N) is 1. The Kier molecular flexibility index (Phi) is 6.04. The predicted molar refractivity (Wildman–Crippen MR) is 95.3 cm³/mol. The van der Waals surface area contributed by atoms with Gasteiger partial charge in [0.1, 0.15) is 0 Å². The van der Waals surface area contributed by atoms with Crippen molar-refractivity contribution < 1.29 is 13.2 Å². The monoisotopic (exact) mass is 352 g/mol. The highest BCUT2D eigenvalue weighted by molar-refractivity contribution is 7.89. The van der Waals surface area contributed by atoms with E-state index in [9.17, 15) is 13.2 Å². The number of rotatable bonds is 5. The molecule has 2 atom stereocenters. The smallest absolute Gasteiger partial charge is 0.243 e. The third-order valence-corrected chi connectivity index (χ3v) is 6.72. The van der Waals surface area contributed by atoms with E-state index in [-0.39, 0.29) is 24.4 Å². The van der Waals surface area contributed by atoms with Crippen LogP contribution in [0.1, 0.15) is 44.2 Å². The van der Waals surface area contributed by atoms with Crippen molar-refractivity contribution >= 4 is 15.9 Å². The summed E-state index contributed by atoms with van der Waals surface area (Å²) in [6.45, 7) is 8.41. The highest BCUT2D eigenvalue weighted by Crippen LogP contribution is 2.26. The molecule has 1 saturated heterocycles. The van der Waals surface area contributed by atoms with Crippen LogP contribution >= 0.6 is 0 Å². The van der Waals surface area contributed by atoms with Crippen LogP contribution < -0.4 is 5.32 Å². The molecule has 24 heavy (non-hydrogen) atoms. The minimum atomic E-state index is -3.56. The molecule has 1 aliphatic rings. The zero-order valence-electron chi connectivity index (χ0n) is 15.0. The SMILES string of the molecule is CC[C@@H](C)NC(=O)[C@@H]1CCCN(S(=O)(=O)c2cc(C)ccc2C)C1. The number of hydrogen-bond acceptors (Lipinski definition) is 3. The number of benzene rings is 1. The molecule has 0 bridgehead atoms. The summed E-state index contributed by atoms with van der Waals surface area (Å²) in [5, 5.41) is 2.97. The van der Waals surface area contributed by atoms with Gasteiger partial charge in [-0.25, -0.2) is 8.42 Å². The average molecular weight is 353 g/mol. The number of hydrogen-bond donors (Lipinski definition) is 1. The Labute approximate surface area is 145 Å². The number of sulfonamides is 1. The molecule has 1 fully saturated rings. The van der Waals surface area contributed by atoms with Crippen LogP contribution in [0.5, 0.6) is 0 Å². The number of aryl methyl sites for hydroxylation is 2. The van der Waals surface area contributed by atoms with Crippen LogP contribution in [0.15, 0.2) is 23.1 Å². The maximum atomic E-state index is 13.0. The molecule has 1 aromatic carbocycles. The molecule has 2 rings (SSSR count). The highest BCUT2D eigenvalue weighted by atomic mass is 32.2. The standard InChI is InChI=1S/C18H28N2O3S/c1-5-15(4)19-18(21)16-7-6-10-20(12-16)24(22,23)17-11-13(2)8-9-14(17)3/h8-9,11,15-16H,5-7,10,12H2,1-4H3,(H,19,21)/t15-,16-/m1/s1. The first-order chi connectivity index (χ1) is 11.3. The van der Waals surface area contributed by atoms with Crippen LogP contribution in [-0.4, -0.2) is 37.8 Å². The van der Waals surface area contributed by atoms with Gasteiger partial charge < -0.3 is 5.32 Å². The number of piperidine rings is 1. The molecule has 0 unspecified atom stereocenters. The van der Waals surface area contributed by atoms with Gasteiger partial charge in [-0.05, 0) is 57.2 Å². The average Bonchev–Trinajstić information content (AvgIpc) is 2.56. The van der Waals surface area contributed by atoms with Gasteiger partial charge in [0.15, 0.2) is 0 Å². The van der Waals surface area contributed by atoms with Gasteiger partial charge in [-0.2, -0.15) is 4.31 Å². The molecule has 1 heterocycles. The van der Waals surface area contributed by atoms with Gasteiger partial charge in [0.2, 0.25) is 15.9 Å². The van der Waals surface area contributed by atoms with E-state index >= 15 is 0 Å². The van der Waals surface area contributed by atoms with Gasteiger partial charge in [0.25, 0.3) is 0 Å². The van der Waals surface area contributed by atoms with Crippen LogP contribution in [0.2, 0.25) is 0 Å². The second-order valence-electron chi connectivity index (χ2n) is 6.79. The van der Waals surface area contributed by atoms with Gasteiger partial charge in [0.05, 0.1) is 10.8 Å². The molecule has 1 aromatic rings. The summed E-state index contributed by atoms with van der Waals surface area (Å²) in [6.07, 6.45) is 2.31. The van der Waals surface area contributed by atoms with Crippen LogP contribution in [0.4, 0.5) is 0 Å². The summed E-state index contributed by atoms with van der Waals surface area (Å²) in [7, 11) is -3.56. The van der Waals surface area contributed by atoms with Crippen molar-refractivity contribution in [1.82, 2.24) is 9.62 Å². The van der Waals surface area contributed by atoms with Crippen molar-refractivity contribution in [3.63, 3.8) is 0 Å². The molecule has 1 N–H and O–H groups in total. The maximum absolute atomic E-state index is 13.0. The van der Waals surface area contributed by atoms with E-state index in [0.29, 0.717) is 17.9 Å². The molecule has 0 radical (unpaired) electrons. The molecular formula is C18H28N2O3S. The van der Waals surface area contributed by atoms with E-state index in [4.69, 9.17) is 0 Å². The van der Waals surface area contributed by atoms with E-state index in [1.54, 1.807) is 6.07 Å². The molecule has 0 spiro atoms. The summed E-state index contributed by atoms with van der Waals surface area (Å²) in [5.41, 5.74) is 1.66. The van der Waals surface area contributed by atoms with Gasteiger partial charge in [-0.15, -0.1) is 0 Å². The third kappa shape index (κ3) is 4.16. The first kappa shape index (κ1) is 18.9. The second kappa shape index (κ2) is 7.66. The Morgan fingerprint density at radius 2 is 2.08 bits per heavy atom. The lowest BCUT2D eigenvalue weighted by Crippen LogP contribution is -2.47. The van der Waals surface area contributed by atoms with Crippen molar-refractivity contribution in [1.29, 1.82) is 0 Å². The third-order valence-electron chi connectivity index (χ3n) is 4.72. The Morgan fingerprint density at radius 3 is 2.75 bits per heavy atom. The van der Waals surface area contributed by atoms with E-state index in [1.807, 2.05) is 39.8 Å². The number of carbonyl (C=O) groups excluding carboxylic acids is 1. The van der Waals surface area contributed by atoms with Crippen LogP contribution in [0.3, 0.4) is 0 Å². The fourth-order valence-electron chi connectivity index (χ4n) is 2.96. The van der Waals surface area contributed by atoms with E-state index in [1.165, 1.54) is 4.31 Å². The van der Waals surface area contributed by atoms with Crippen molar-refractivity contribution in [3.05, 3.63) is 29.3 Å². The van der Waals surface area contributed by atoms with E-state index in [0.717, 1.165) is 24.0 Å².